The summed E-state index contributed by atoms with van der Waals surface area (Å²) in [5.41, 5.74) is 6.89. The van der Waals surface area contributed by atoms with Crippen molar-refractivity contribution in [3.8, 4) is 17.0 Å². The lowest BCUT2D eigenvalue weighted by Gasteiger charge is -2.30. The number of nitrogens with two attached hydrogens (primary N) is 1. The van der Waals surface area contributed by atoms with Crippen molar-refractivity contribution in [1.82, 2.24) is 15.0 Å². The van der Waals surface area contributed by atoms with Crippen molar-refractivity contribution in [3.63, 3.8) is 0 Å². The van der Waals surface area contributed by atoms with E-state index < -0.39 is 6.61 Å². The molecule has 30 heavy (non-hydrogen) atoms. The second-order valence-electron chi connectivity index (χ2n) is 8.54. The molecule has 4 aliphatic heterocycles. The van der Waals surface area contributed by atoms with E-state index in [4.69, 9.17) is 20.4 Å². The van der Waals surface area contributed by atoms with Crippen molar-refractivity contribution >= 4 is 17.6 Å². The van der Waals surface area contributed by atoms with Gasteiger partial charge in [-0.3, -0.25) is 0 Å². The summed E-state index contributed by atoms with van der Waals surface area (Å²) in [6.45, 7) is -0.518. The van der Waals surface area contributed by atoms with Gasteiger partial charge in [0.25, 0.3) is 0 Å². The van der Waals surface area contributed by atoms with Crippen LogP contribution in [0.1, 0.15) is 19.3 Å². The van der Waals surface area contributed by atoms with Gasteiger partial charge in [-0.05, 0) is 31.2 Å². The van der Waals surface area contributed by atoms with Gasteiger partial charge in [-0.15, -0.1) is 0 Å². The molecule has 0 aromatic carbocycles. The molecule has 0 unspecified atom stereocenters. The summed E-state index contributed by atoms with van der Waals surface area (Å²) in [5, 5.41) is 0. The van der Waals surface area contributed by atoms with Gasteiger partial charge in [0.05, 0.1) is 24.4 Å². The Bertz CT molecular complexity index is 986. The second kappa shape index (κ2) is 6.63. The number of pyridine rings is 1. The van der Waals surface area contributed by atoms with Gasteiger partial charge in [0.15, 0.2) is 11.6 Å². The highest BCUT2D eigenvalue weighted by Gasteiger charge is 2.45. The van der Waals surface area contributed by atoms with Crippen LogP contribution in [0.5, 0.6) is 5.75 Å². The number of nitrogens with zero attached hydrogens (tertiary/aromatic N) is 5. The Morgan fingerprint density at radius 3 is 2.63 bits per heavy atom. The maximum Gasteiger partial charge on any atom is 0.387 e. The number of hydrogen-bond acceptors (Lipinski definition) is 8. The predicted octanol–water partition coefficient (Wildman–Crippen LogP) is 2.30. The SMILES string of the molecule is Nc1ncc(-c2cc(N3C[C@@H]4C[C@H]3CO4)nc(N3CC4CC3C4)n2)cc1OC(F)F. The molecule has 5 fully saturated rings. The van der Waals surface area contributed by atoms with E-state index in [1.807, 2.05) is 6.07 Å². The first-order valence-corrected chi connectivity index (χ1v) is 10.3. The third kappa shape index (κ3) is 2.92. The monoisotopic (exact) mass is 416 g/mol. The standard InChI is InChI=1S/C20H22F2N6O2/c21-19(22)30-16-3-11(6-24-18(16)23)15-5-17(27-8-14-4-13(27)9-29-14)26-20(25-15)28-7-10-1-12(28)2-10/h3,5-6,10,12-14,19H,1-2,4,7-9H2,(H2,23,24)/t10?,12?,13-,14-/m0/s1. The van der Waals surface area contributed by atoms with Crippen LogP contribution in [-0.2, 0) is 4.74 Å². The summed E-state index contributed by atoms with van der Waals surface area (Å²) in [6, 6.07) is 4.15. The van der Waals surface area contributed by atoms with Crippen LogP contribution in [0, 0.1) is 5.92 Å². The molecule has 4 bridgehead atoms. The van der Waals surface area contributed by atoms with E-state index in [-0.39, 0.29) is 17.7 Å². The highest BCUT2D eigenvalue weighted by Crippen LogP contribution is 2.43. The number of ether oxygens (including phenoxy) is 2. The van der Waals surface area contributed by atoms with Crippen LogP contribution in [0.15, 0.2) is 18.3 Å². The topological polar surface area (TPSA) is 89.6 Å². The van der Waals surface area contributed by atoms with Crippen LogP contribution < -0.4 is 20.3 Å². The van der Waals surface area contributed by atoms with Gasteiger partial charge < -0.3 is 25.0 Å². The first-order valence-electron chi connectivity index (χ1n) is 10.3. The third-order valence-electron chi connectivity index (χ3n) is 6.65. The molecular weight excluding hydrogens is 394 g/mol. The lowest BCUT2D eigenvalue weighted by molar-refractivity contribution is -0.0494. The Morgan fingerprint density at radius 2 is 1.97 bits per heavy atom. The van der Waals surface area contributed by atoms with E-state index in [0.29, 0.717) is 41.8 Å². The van der Waals surface area contributed by atoms with Crippen LogP contribution in [0.2, 0.25) is 0 Å². The Labute approximate surface area is 172 Å². The first kappa shape index (κ1) is 18.1. The maximum atomic E-state index is 12.7. The number of hydrogen-bond donors (Lipinski definition) is 1. The zero-order chi connectivity index (χ0) is 20.4. The molecule has 5 aliphatic rings. The maximum absolute atomic E-state index is 12.7. The molecule has 10 heteroatoms. The molecule has 158 valence electrons. The van der Waals surface area contributed by atoms with E-state index in [1.54, 1.807) is 0 Å². The summed E-state index contributed by atoms with van der Waals surface area (Å²) in [7, 11) is 0. The minimum absolute atomic E-state index is 0.0806. The molecule has 2 aromatic rings. The summed E-state index contributed by atoms with van der Waals surface area (Å²) in [6.07, 6.45) is 5.13. The van der Waals surface area contributed by atoms with Gasteiger partial charge in [0, 0.05) is 37.0 Å². The molecule has 2 aromatic heterocycles. The van der Waals surface area contributed by atoms with Crippen molar-refractivity contribution in [3.05, 3.63) is 18.3 Å². The Hall–Kier alpha value is -2.75. The fraction of sp³-hybridized carbons (Fsp3) is 0.550. The van der Waals surface area contributed by atoms with Gasteiger partial charge in [-0.1, -0.05) is 0 Å². The van der Waals surface area contributed by atoms with Gasteiger partial charge in [-0.25, -0.2) is 9.97 Å². The minimum atomic E-state index is -2.97. The molecule has 8 nitrogen and oxygen atoms in total. The van der Waals surface area contributed by atoms with Crippen LogP contribution in [0.3, 0.4) is 0 Å². The number of fused-ring (bicyclic) bond motifs is 3. The first-order chi connectivity index (χ1) is 14.5. The van der Waals surface area contributed by atoms with Gasteiger partial charge in [0.2, 0.25) is 5.95 Å². The molecule has 1 aliphatic carbocycles. The number of halogens is 2. The lowest BCUT2D eigenvalue weighted by Crippen LogP contribution is -2.38. The van der Waals surface area contributed by atoms with Crippen molar-refractivity contribution in [2.75, 3.05) is 35.2 Å². The van der Waals surface area contributed by atoms with Crippen molar-refractivity contribution < 1.29 is 18.3 Å². The highest BCUT2D eigenvalue weighted by molar-refractivity contribution is 5.68. The Kier molecular flexibility index (Phi) is 3.99. The van der Waals surface area contributed by atoms with Crippen molar-refractivity contribution in [1.29, 1.82) is 0 Å². The third-order valence-corrected chi connectivity index (χ3v) is 6.65. The summed E-state index contributed by atoms with van der Waals surface area (Å²) < 4.78 is 35.8. The molecule has 7 rings (SSSR count). The second-order valence-corrected chi connectivity index (χ2v) is 8.54. The highest BCUT2D eigenvalue weighted by atomic mass is 19.3. The number of alkyl halides is 2. The lowest BCUT2D eigenvalue weighted by atomic mass is 9.86. The van der Waals surface area contributed by atoms with Gasteiger partial charge in [-0.2, -0.15) is 13.8 Å². The largest absolute Gasteiger partial charge is 0.431 e. The van der Waals surface area contributed by atoms with Crippen LogP contribution in [0.25, 0.3) is 11.3 Å². The summed E-state index contributed by atoms with van der Waals surface area (Å²) in [5.74, 6) is 2.00. The molecule has 0 amide bonds. The number of anilines is 3. The number of aromatic nitrogens is 3. The number of rotatable bonds is 5. The predicted molar refractivity (Wildman–Crippen MR) is 106 cm³/mol. The average molecular weight is 416 g/mol. The Balaban J connectivity index is 1.41. The number of morpholine rings is 1. The molecule has 6 heterocycles. The molecule has 2 N–H and O–H groups in total. The molecule has 2 atom stereocenters. The molecule has 4 saturated heterocycles. The van der Waals surface area contributed by atoms with E-state index in [1.165, 1.54) is 25.1 Å². The normalized spacial score (nSPS) is 29.0. The molecular formula is C20H22F2N6O2. The minimum Gasteiger partial charge on any atom is -0.431 e. The Morgan fingerprint density at radius 1 is 1.10 bits per heavy atom. The van der Waals surface area contributed by atoms with Crippen LogP contribution >= 0.6 is 0 Å². The summed E-state index contributed by atoms with van der Waals surface area (Å²) in [4.78, 5) is 18.2. The fourth-order valence-corrected chi connectivity index (χ4v) is 5.09. The van der Waals surface area contributed by atoms with E-state index >= 15 is 0 Å². The van der Waals surface area contributed by atoms with Crippen LogP contribution in [-0.4, -0.2) is 59.4 Å². The quantitative estimate of drug-likeness (QED) is 0.794. The number of nitrogen functional groups attached to an aromatic ring is 1. The molecule has 0 radical (unpaired) electrons. The molecule has 1 saturated carbocycles. The zero-order valence-electron chi connectivity index (χ0n) is 16.2. The van der Waals surface area contributed by atoms with Gasteiger partial charge in [0.1, 0.15) is 5.82 Å². The fourth-order valence-electron chi connectivity index (χ4n) is 5.09. The van der Waals surface area contributed by atoms with Gasteiger partial charge >= 0.3 is 6.61 Å². The van der Waals surface area contributed by atoms with E-state index in [9.17, 15) is 8.78 Å². The van der Waals surface area contributed by atoms with Crippen LogP contribution in [0.4, 0.5) is 26.4 Å². The van der Waals surface area contributed by atoms with E-state index in [0.717, 1.165) is 25.3 Å². The zero-order valence-corrected chi connectivity index (χ0v) is 16.2. The smallest absolute Gasteiger partial charge is 0.387 e. The van der Waals surface area contributed by atoms with E-state index in [2.05, 4.69) is 19.5 Å². The van der Waals surface area contributed by atoms with Crippen molar-refractivity contribution in [2.45, 2.75) is 44.1 Å². The molecule has 0 spiro atoms. The summed E-state index contributed by atoms with van der Waals surface area (Å²) >= 11 is 0. The van der Waals surface area contributed by atoms with Crippen molar-refractivity contribution in [2.24, 2.45) is 5.92 Å². The average Bonchev–Trinajstić information content (AvgIpc) is 3.48.